The molecule has 1 heterocycles. The highest BCUT2D eigenvalue weighted by atomic mass is 79.9. The Kier molecular flexibility index (Phi) is 5.62. The van der Waals surface area contributed by atoms with E-state index in [0.717, 1.165) is 40.7 Å². The van der Waals surface area contributed by atoms with Crippen LogP contribution in [0.4, 0.5) is 0 Å². The van der Waals surface area contributed by atoms with Crippen molar-refractivity contribution in [2.75, 3.05) is 6.61 Å². The minimum atomic E-state index is 0.0815. The zero-order chi connectivity index (χ0) is 15.2. The first-order valence-corrected chi connectivity index (χ1v) is 7.92. The van der Waals surface area contributed by atoms with E-state index in [1.54, 1.807) is 4.57 Å². The van der Waals surface area contributed by atoms with Crippen molar-refractivity contribution >= 4 is 15.9 Å². The third-order valence-electron chi connectivity index (χ3n) is 3.38. The first kappa shape index (κ1) is 15.8. The molecule has 0 aliphatic heterocycles. The molecule has 0 bridgehead atoms. The van der Waals surface area contributed by atoms with Gasteiger partial charge in [0.15, 0.2) is 0 Å². The second-order valence-corrected chi connectivity index (χ2v) is 6.08. The topological polar surface area (TPSA) is 31.2 Å². The third kappa shape index (κ3) is 4.46. The summed E-state index contributed by atoms with van der Waals surface area (Å²) < 4.78 is 8.45. The van der Waals surface area contributed by atoms with Crippen molar-refractivity contribution in [3.63, 3.8) is 0 Å². The van der Waals surface area contributed by atoms with Gasteiger partial charge in [-0.25, -0.2) is 0 Å². The zero-order valence-corrected chi connectivity index (χ0v) is 14.0. The lowest BCUT2D eigenvalue weighted by atomic mass is 10.2. The van der Waals surface area contributed by atoms with Crippen molar-refractivity contribution in [2.24, 2.45) is 0 Å². The molecule has 2 rings (SSSR count). The number of halogens is 1. The van der Waals surface area contributed by atoms with E-state index in [1.165, 1.54) is 0 Å². The summed E-state index contributed by atoms with van der Waals surface area (Å²) in [5.41, 5.74) is 2.00. The second kappa shape index (κ2) is 7.46. The molecule has 0 aliphatic rings. The van der Waals surface area contributed by atoms with Crippen LogP contribution in [0.25, 0.3) is 0 Å². The number of hydrogen-bond acceptors (Lipinski definition) is 2. The highest BCUT2D eigenvalue weighted by Gasteiger charge is 2.02. The van der Waals surface area contributed by atoms with E-state index >= 15 is 0 Å². The number of aromatic nitrogens is 1. The minimum Gasteiger partial charge on any atom is -0.493 e. The lowest BCUT2D eigenvalue weighted by Crippen LogP contribution is -2.21. The predicted molar refractivity (Wildman–Crippen MR) is 89.0 cm³/mol. The molecular weight excluding hydrogens is 330 g/mol. The van der Waals surface area contributed by atoms with Crippen LogP contribution in [0.15, 0.2) is 45.8 Å². The fourth-order valence-corrected chi connectivity index (χ4v) is 2.78. The Morgan fingerprint density at radius 3 is 2.67 bits per heavy atom. The normalized spacial score (nSPS) is 10.6. The number of ether oxygens (including phenoxy) is 1. The molecule has 4 heteroatoms. The second-order valence-electron chi connectivity index (χ2n) is 5.16. The largest absolute Gasteiger partial charge is 0.493 e. The molecule has 1 aromatic heterocycles. The molecular formula is C17H20BrNO2. The van der Waals surface area contributed by atoms with Gasteiger partial charge in [-0.05, 0) is 60.3 Å². The van der Waals surface area contributed by atoms with Gasteiger partial charge in [0.25, 0.3) is 5.56 Å². The number of aryl methyl sites for hydroxylation is 3. The maximum Gasteiger partial charge on any atom is 0.253 e. The summed E-state index contributed by atoms with van der Waals surface area (Å²) in [4.78, 5) is 12.0. The number of nitrogens with zero attached hydrogens (tertiary/aromatic N) is 1. The Labute approximate surface area is 133 Å². The van der Waals surface area contributed by atoms with Crippen molar-refractivity contribution in [2.45, 2.75) is 33.2 Å². The monoisotopic (exact) mass is 349 g/mol. The van der Waals surface area contributed by atoms with Crippen LogP contribution in [0.2, 0.25) is 0 Å². The maximum atomic E-state index is 12.0. The molecule has 0 atom stereocenters. The van der Waals surface area contributed by atoms with Gasteiger partial charge in [-0.1, -0.05) is 18.2 Å². The molecule has 0 spiro atoms. The first-order chi connectivity index (χ1) is 10.1. The Hall–Kier alpha value is -1.55. The van der Waals surface area contributed by atoms with Crippen LogP contribution in [0.3, 0.4) is 0 Å². The SMILES string of the molecule is Cc1ccccc1OCCCCn1cc(Br)cc(C)c1=O. The number of para-hydroxylation sites is 1. The summed E-state index contributed by atoms with van der Waals surface area (Å²) in [6.07, 6.45) is 3.69. The van der Waals surface area contributed by atoms with Gasteiger partial charge < -0.3 is 9.30 Å². The average Bonchev–Trinajstić information content (AvgIpc) is 2.45. The summed E-state index contributed by atoms with van der Waals surface area (Å²) >= 11 is 3.42. The van der Waals surface area contributed by atoms with Crippen LogP contribution in [-0.4, -0.2) is 11.2 Å². The van der Waals surface area contributed by atoms with Gasteiger partial charge in [0.2, 0.25) is 0 Å². The smallest absolute Gasteiger partial charge is 0.253 e. The standard InChI is InChI=1S/C17H20BrNO2/c1-13-7-3-4-8-16(13)21-10-6-5-9-19-12-15(18)11-14(2)17(19)20/h3-4,7-8,11-12H,5-6,9-10H2,1-2H3. The van der Waals surface area contributed by atoms with E-state index in [4.69, 9.17) is 4.74 Å². The lowest BCUT2D eigenvalue weighted by molar-refractivity contribution is 0.301. The fraction of sp³-hybridized carbons (Fsp3) is 0.353. The molecule has 2 aromatic rings. The van der Waals surface area contributed by atoms with Crippen molar-refractivity contribution in [1.29, 1.82) is 0 Å². The van der Waals surface area contributed by atoms with Crippen molar-refractivity contribution in [1.82, 2.24) is 4.57 Å². The van der Waals surface area contributed by atoms with Gasteiger partial charge in [-0.15, -0.1) is 0 Å². The molecule has 0 saturated heterocycles. The number of rotatable bonds is 6. The summed E-state index contributed by atoms with van der Waals surface area (Å²) in [6.45, 7) is 5.27. The van der Waals surface area contributed by atoms with E-state index < -0.39 is 0 Å². The number of hydrogen-bond donors (Lipinski definition) is 0. The van der Waals surface area contributed by atoms with Crippen molar-refractivity contribution in [3.8, 4) is 5.75 Å². The van der Waals surface area contributed by atoms with E-state index in [2.05, 4.69) is 15.9 Å². The quantitative estimate of drug-likeness (QED) is 0.735. The Bertz CT molecular complexity index is 664. The van der Waals surface area contributed by atoms with Gasteiger partial charge in [-0.2, -0.15) is 0 Å². The van der Waals surface area contributed by atoms with E-state index in [9.17, 15) is 4.79 Å². The molecule has 1 aromatic carbocycles. The molecule has 21 heavy (non-hydrogen) atoms. The van der Waals surface area contributed by atoms with Crippen LogP contribution < -0.4 is 10.3 Å². The molecule has 0 amide bonds. The maximum absolute atomic E-state index is 12.0. The highest BCUT2D eigenvalue weighted by Crippen LogP contribution is 2.16. The van der Waals surface area contributed by atoms with E-state index in [-0.39, 0.29) is 5.56 Å². The molecule has 0 fully saturated rings. The molecule has 112 valence electrons. The summed E-state index contributed by atoms with van der Waals surface area (Å²) in [6, 6.07) is 9.85. The van der Waals surface area contributed by atoms with Crippen LogP contribution >= 0.6 is 15.9 Å². The Morgan fingerprint density at radius 2 is 1.90 bits per heavy atom. The van der Waals surface area contributed by atoms with E-state index in [0.29, 0.717) is 6.61 Å². The van der Waals surface area contributed by atoms with Crippen LogP contribution in [0, 0.1) is 13.8 Å². The predicted octanol–water partition coefficient (Wildman–Crippen LogP) is 4.09. The minimum absolute atomic E-state index is 0.0815. The van der Waals surface area contributed by atoms with Crippen LogP contribution in [0.1, 0.15) is 24.0 Å². The fourth-order valence-electron chi connectivity index (χ4n) is 2.19. The molecule has 0 unspecified atom stereocenters. The van der Waals surface area contributed by atoms with Crippen LogP contribution in [0.5, 0.6) is 5.75 Å². The lowest BCUT2D eigenvalue weighted by Gasteiger charge is -2.10. The average molecular weight is 350 g/mol. The number of pyridine rings is 1. The molecule has 0 N–H and O–H groups in total. The van der Waals surface area contributed by atoms with Gasteiger partial charge >= 0.3 is 0 Å². The van der Waals surface area contributed by atoms with Gasteiger partial charge in [-0.3, -0.25) is 4.79 Å². The molecule has 0 aliphatic carbocycles. The Morgan fingerprint density at radius 1 is 1.14 bits per heavy atom. The molecule has 0 radical (unpaired) electrons. The van der Waals surface area contributed by atoms with Gasteiger partial charge in [0.05, 0.1) is 6.61 Å². The Balaban J connectivity index is 1.81. The van der Waals surface area contributed by atoms with Gasteiger partial charge in [0.1, 0.15) is 5.75 Å². The molecule has 3 nitrogen and oxygen atoms in total. The van der Waals surface area contributed by atoms with Crippen LogP contribution in [-0.2, 0) is 6.54 Å². The third-order valence-corrected chi connectivity index (χ3v) is 3.81. The summed E-state index contributed by atoms with van der Waals surface area (Å²) in [5, 5.41) is 0. The van der Waals surface area contributed by atoms with E-state index in [1.807, 2.05) is 50.4 Å². The number of unbranched alkanes of at least 4 members (excludes halogenated alkanes) is 1. The van der Waals surface area contributed by atoms with Crippen molar-refractivity contribution in [3.05, 3.63) is 62.5 Å². The van der Waals surface area contributed by atoms with Crippen molar-refractivity contribution < 1.29 is 4.74 Å². The zero-order valence-electron chi connectivity index (χ0n) is 12.4. The first-order valence-electron chi connectivity index (χ1n) is 7.13. The molecule has 0 saturated carbocycles. The number of benzene rings is 1. The summed E-state index contributed by atoms with van der Waals surface area (Å²) in [7, 11) is 0. The summed E-state index contributed by atoms with van der Waals surface area (Å²) in [5.74, 6) is 0.938. The highest BCUT2D eigenvalue weighted by molar-refractivity contribution is 9.10. The van der Waals surface area contributed by atoms with Gasteiger partial charge in [0, 0.05) is 22.8 Å².